The molecule has 0 bridgehead atoms. The number of esters is 1. The summed E-state index contributed by atoms with van der Waals surface area (Å²) in [4.78, 5) is 13.0. The first kappa shape index (κ1) is 24.6. The largest absolute Gasteiger partial charge is 0.460 e. The molecule has 4 aromatic carbocycles. The minimum absolute atomic E-state index is 0.153. The number of aromatic nitrogens is 1. The molecular weight excluding hydrogens is 562 g/mol. The summed E-state index contributed by atoms with van der Waals surface area (Å²) in [6.07, 6.45) is 0. The van der Waals surface area contributed by atoms with E-state index in [1.54, 1.807) is 55.5 Å². The van der Waals surface area contributed by atoms with Crippen LogP contribution in [0.25, 0.3) is 21.8 Å². The molecular formula is C28H21BrClNO4S. The number of hydrogen-bond donors (Lipinski definition) is 0. The topological polar surface area (TPSA) is 65.4 Å². The van der Waals surface area contributed by atoms with Crippen LogP contribution in [-0.2, 0) is 26.2 Å². The zero-order valence-corrected chi connectivity index (χ0v) is 22.3. The van der Waals surface area contributed by atoms with Gasteiger partial charge in [-0.05, 0) is 66.6 Å². The summed E-state index contributed by atoms with van der Waals surface area (Å²) >= 11 is 9.62. The van der Waals surface area contributed by atoms with Gasteiger partial charge in [-0.3, -0.25) is 4.79 Å². The van der Waals surface area contributed by atoms with Crippen molar-refractivity contribution >= 4 is 65.3 Å². The molecule has 5 rings (SSSR count). The summed E-state index contributed by atoms with van der Waals surface area (Å²) in [5.41, 5.74) is 2.52. The molecule has 0 aliphatic rings. The maximum atomic E-state index is 13.8. The first-order chi connectivity index (χ1) is 17.3. The highest BCUT2D eigenvalue weighted by atomic mass is 79.9. The quantitative estimate of drug-likeness (QED) is 0.197. The molecule has 0 saturated heterocycles. The molecule has 1 atom stereocenters. The van der Waals surface area contributed by atoms with Crippen molar-refractivity contribution < 1.29 is 17.9 Å². The average Bonchev–Trinajstić information content (AvgIpc) is 3.21. The fraction of sp³-hybridized carbons (Fsp3) is 0.107. The molecule has 8 heteroatoms. The smallest absolute Gasteiger partial charge is 0.313 e. The summed E-state index contributed by atoms with van der Waals surface area (Å²) in [7, 11) is -3.95. The van der Waals surface area contributed by atoms with Crippen molar-refractivity contribution in [2.75, 3.05) is 0 Å². The number of fused-ring (bicyclic) bond motifs is 3. The predicted molar refractivity (Wildman–Crippen MR) is 146 cm³/mol. The first-order valence-electron chi connectivity index (χ1n) is 11.2. The van der Waals surface area contributed by atoms with Gasteiger partial charge in [0.15, 0.2) is 0 Å². The summed E-state index contributed by atoms with van der Waals surface area (Å²) in [6, 6.07) is 26.5. The Morgan fingerprint density at radius 1 is 0.917 bits per heavy atom. The Balaban J connectivity index is 1.60. The van der Waals surface area contributed by atoms with Crippen LogP contribution in [0.1, 0.15) is 24.0 Å². The van der Waals surface area contributed by atoms with Crippen LogP contribution in [-0.4, -0.2) is 18.4 Å². The Bertz CT molecular complexity index is 1700. The Kier molecular flexibility index (Phi) is 6.64. The number of nitrogens with zero attached hydrogens (tertiary/aromatic N) is 1. The van der Waals surface area contributed by atoms with Crippen molar-refractivity contribution in [3.63, 3.8) is 0 Å². The fourth-order valence-electron chi connectivity index (χ4n) is 4.21. The van der Waals surface area contributed by atoms with Gasteiger partial charge in [-0.2, -0.15) is 0 Å². The minimum Gasteiger partial charge on any atom is -0.460 e. The number of rotatable bonds is 6. The van der Waals surface area contributed by atoms with E-state index in [2.05, 4.69) is 15.9 Å². The van der Waals surface area contributed by atoms with E-state index < -0.39 is 15.9 Å². The number of hydrogen-bond acceptors (Lipinski definition) is 4. The first-order valence-corrected chi connectivity index (χ1v) is 13.8. The number of carbonyl (C=O) groups excluding carboxylic acids is 1. The van der Waals surface area contributed by atoms with E-state index in [1.165, 1.54) is 3.97 Å². The summed E-state index contributed by atoms with van der Waals surface area (Å²) in [5, 5.41) is 1.94. The van der Waals surface area contributed by atoms with Gasteiger partial charge in [0, 0.05) is 20.3 Å². The molecule has 0 amide bonds. The van der Waals surface area contributed by atoms with Crippen LogP contribution in [0, 0.1) is 0 Å². The molecule has 182 valence electrons. The standard InChI is InChI=1S/C28H21BrClNO4S/c1-18(28(32)35-17-19-5-3-2-4-6-19)20-7-13-24-25-16-22(30)10-14-26(25)31(27(24)15-20)36(33,34)23-11-8-21(29)9-12-23/h2-16,18H,17H2,1H3. The second-order valence-electron chi connectivity index (χ2n) is 8.48. The Morgan fingerprint density at radius 2 is 1.64 bits per heavy atom. The molecule has 5 aromatic rings. The van der Waals surface area contributed by atoms with Gasteiger partial charge in [0.05, 0.1) is 21.8 Å². The lowest BCUT2D eigenvalue weighted by Gasteiger charge is -2.14. The summed E-state index contributed by atoms with van der Waals surface area (Å²) in [5.74, 6) is -0.983. The highest BCUT2D eigenvalue weighted by molar-refractivity contribution is 9.10. The normalized spacial score (nSPS) is 12.6. The number of benzene rings is 4. The van der Waals surface area contributed by atoms with E-state index in [4.69, 9.17) is 16.3 Å². The second-order valence-corrected chi connectivity index (χ2v) is 11.6. The van der Waals surface area contributed by atoms with Gasteiger partial charge in [0.2, 0.25) is 0 Å². The lowest BCUT2D eigenvalue weighted by molar-refractivity contribution is -0.146. The molecule has 0 radical (unpaired) electrons. The minimum atomic E-state index is -3.95. The molecule has 36 heavy (non-hydrogen) atoms. The molecule has 0 N–H and O–H groups in total. The van der Waals surface area contributed by atoms with Crippen molar-refractivity contribution in [1.29, 1.82) is 0 Å². The van der Waals surface area contributed by atoms with Crippen LogP contribution in [0.5, 0.6) is 0 Å². The van der Waals surface area contributed by atoms with Gasteiger partial charge in [0.1, 0.15) is 6.61 Å². The molecule has 0 fully saturated rings. The van der Waals surface area contributed by atoms with Crippen molar-refractivity contribution in [3.05, 3.63) is 112 Å². The monoisotopic (exact) mass is 581 g/mol. The van der Waals surface area contributed by atoms with Crippen molar-refractivity contribution in [3.8, 4) is 0 Å². The maximum absolute atomic E-state index is 13.8. The Labute approximate surface area is 222 Å². The van der Waals surface area contributed by atoms with Gasteiger partial charge < -0.3 is 4.74 Å². The van der Waals surface area contributed by atoms with E-state index in [-0.39, 0.29) is 17.5 Å². The SMILES string of the molecule is CC(C(=O)OCc1ccccc1)c1ccc2c3cc(Cl)ccc3n(S(=O)(=O)c3ccc(Br)cc3)c2c1. The highest BCUT2D eigenvalue weighted by Crippen LogP contribution is 2.36. The Morgan fingerprint density at radius 3 is 2.36 bits per heavy atom. The third-order valence-corrected chi connectivity index (χ3v) is 8.64. The van der Waals surface area contributed by atoms with Crippen LogP contribution in [0.15, 0.2) is 100 Å². The molecule has 0 saturated carbocycles. The highest BCUT2D eigenvalue weighted by Gasteiger charge is 2.25. The third-order valence-electron chi connectivity index (χ3n) is 6.14. The lowest BCUT2D eigenvalue weighted by Crippen LogP contribution is -2.14. The molecule has 5 nitrogen and oxygen atoms in total. The van der Waals surface area contributed by atoms with E-state index in [9.17, 15) is 13.2 Å². The van der Waals surface area contributed by atoms with E-state index in [1.807, 2.05) is 42.5 Å². The molecule has 0 aliphatic heterocycles. The van der Waals surface area contributed by atoms with Crippen LogP contribution in [0.2, 0.25) is 5.02 Å². The number of halogens is 2. The molecule has 0 aliphatic carbocycles. The number of carbonyl (C=O) groups is 1. The van der Waals surface area contributed by atoms with Gasteiger partial charge in [-0.25, -0.2) is 12.4 Å². The van der Waals surface area contributed by atoms with Crippen molar-refractivity contribution in [2.24, 2.45) is 0 Å². The average molecular weight is 583 g/mol. The van der Waals surface area contributed by atoms with Crippen molar-refractivity contribution in [1.82, 2.24) is 3.97 Å². The molecule has 1 aromatic heterocycles. The fourth-order valence-corrected chi connectivity index (χ4v) is 6.16. The van der Waals surface area contributed by atoms with Crippen LogP contribution in [0.4, 0.5) is 0 Å². The van der Waals surface area contributed by atoms with Gasteiger partial charge in [0.25, 0.3) is 10.0 Å². The maximum Gasteiger partial charge on any atom is 0.313 e. The van der Waals surface area contributed by atoms with E-state index in [0.717, 1.165) is 15.4 Å². The zero-order valence-electron chi connectivity index (χ0n) is 19.2. The van der Waals surface area contributed by atoms with Gasteiger partial charge in [-0.1, -0.05) is 70.0 Å². The van der Waals surface area contributed by atoms with E-state index >= 15 is 0 Å². The van der Waals surface area contributed by atoms with E-state index in [0.29, 0.717) is 27.0 Å². The lowest BCUT2D eigenvalue weighted by atomic mass is 9.99. The van der Waals surface area contributed by atoms with Gasteiger partial charge in [-0.15, -0.1) is 0 Å². The Hall–Kier alpha value is -3.13. The van der Waals surface area contributed by atoms with Crippen molar-refractivity contribution in [2.45, 2.75) is 24.3 Å². The van der Waals surface area contributed by atoms with Gasteiger partial charge >= 0.3 is 5.97 Å². The molecule has 1 unspecified atom stereocenters. The molecule has 1 heterocycles. The molecule has 0 spiro atoms. The summed E-state index contributed by atoms with van der Waals surface area (Å²) in [6.45, 7) is 1.92. The summed E-state index contributed by atoms with van der Waals surface area (Å²) < 4.78 is 35.3. The van der Waals surface area contributed by atoms with Crippen LogP contribution in [0.3, 0.4) is 0 Å². The third kappa shape index (κ3) is 4.54. The second kappa shape index (κ2) is 9.73. The zero-order chi connectivity index (χ0) is 25.4. The van der Waals surface area contributed by atoms with Crippen LogP contribution >= 0.6 is 27.5 Å². The number of ether oxygens (including phenoxy) is 1. The van der Waals surface area contributed by atoms with Crippen LogP contribution < -0.4 is 0 Å². The predicted octanol–water partition coefficient (Wildman–Crippen LogP) is 7.29.